The van der Waals surface area contributed by atoms with E-state index in [1.807, 2.05) is 36.4 Å². The number of benzene rings is 5. The number of rotatable bonds is 8. The molecular weight excluding hydrogens is 959 g/mol. The van der Waals surface area contributed by atoms with Crippen LogP contribution in [-0.4, -0.2) is 27.8 Å². The van der Waals surface area contributed by atoms with Gasteiger partial charge in [-0.2, -0.15) is 0 Å². The predicted octanol–water partition coefficient (Wildman–Crippen LogP) is 13.7. The third kappa shape index (κ3) is 8.03. The summed E-state index contributed by atoms with van der Waals surface area (Å²) in [6, 6.07) is 44.8. The van der Waals surface area contributed by atoms with E-state index in [2.05, 4.69) is 141 Å². The summed E-state index contributed by atoms with van der Waals surface area (Å²) < 4.78 is 10.3. The number of para-hydroxylation sites is 4. The van der Waals surface area contributed by atoms with E-state index in [4.69, 9.17) is 14.4 Å². The second kappa shape index (κ2) is 17.0. The zero-order chi connectivity index (χ0) is 40.1. The summed E-state index contributed by atoms with van der Waals surface area (Å²) in [5.41, 5.74) is 12.3. The molecule has 2 aliphatic carbocycles. The van der Waals surface area contributed by atoms with Gasteiger partial charge in [0, 0.05) is 31.2 Å². The maximum absolute atomic E-state index is 6.40. The molecule has 0 saturated heterocycles. The third-order valence-electron chi connectivity index (χ3n) is 12.8. The molecule has 0 aliphatic heterocycles. The maximum atomic E-state index is 6.40. The van der Waals surface area contributed by atoms with Gasteiger partial charge >= 0.3 is 149 Å². The van der Waals surface area contributed by atoms with Crippen LogP contribution in [0.5, 0.6) is 0 Å². The molecular formula is C53H55GeIrN3O-2. The van der Waals surface area contributed by atoms with E-state index in [1.54, 1.807) is 9.96 Å². The number of furan rings is 1. The van der Waals surface area contributed by atoms with E-state index in [-0.39, 0.29) is 20.1 Å². The molecule has 10 rings (SSSR count). The van der Waals surface area contributed by atoms with E-state index in [9.17, 15) is 0 Å². The van der Waals surface area contributed by atoms with Crippen LogP contribution in [0.3, 0.4) is 0 Å². The minimum atomic E-state index is -1.90. The van der Waals surface area contributed by atoms with Crippen LogP contribution in [0.1, 0.15) is 81.9 Å². The molecule has 2 aliphatic rings. The first-order chi connectivity index (χ1) is 28.0. The van der Waals surface area contributed by atoms with Gasteiger partial charge in [0.15, 0.2) is 0 Å². The Labute approximate surface area is 366 Å². The van der Waals surface area contributed by atoms with Crippen molar-refractivity contribution < 1.29 is 24.5 Å². The summed E-state index contributed by atoms with van der Waals surface area (Å²) in [5, 5.41) is 2.20. The largest absolute Gasteiger partial charge is 0 e. The standard InChI is InChI=1S/C31H27N2O.C22H28GeN.Ir/c1-19(2)21-12-9-13-22(20(3)4)29(21)33-27-17-7-6-16-26(27)32-31(33)25-15-10-14-24-23-11-5-8-18-28(23)34-30(24)25;1-23(2,3)21-15-24-22(17-7-5-4-6-8-17)14-20(21)13-19-12-16-9-10-18(19)11-16;/h5-14,16-20H,1-4H3;4-7,14-16,18-19H,9-13H2,1-3H3;/q2*-1;. The SMILES string of the molecule is CC(C)c1cccc(C(C)C)c1-n1c(-c2[c-]ccc3c2oc2ccccc23)nc2ccccc21.[CH3][Ge]([CH3])([CH3])[c]1cnc(-c2[c-]cccc2)cc1CC1CC2CCC1C2.[Ir]. The van der Waals surface area contributed by atoms with Gasteiger partial charge in [0.1, 0.15) is 5.58 Å². The van der Waals surface area contributed by atoms with Gasteiger partial charge in [0.25, 0.3) is 0 Å². The van der Waals surface area contributed by atoms with Gasteiger partial charge in [0.2, 0.25) is 0 Å². The van der Waals surface area contributed by atoms with Crippen molar-refractivity contribution in [1.82, 2.24) is 14.5 Å². The number of imidazole rings is 1. The van der Waals surface area contributed by atoms with E-state index in [1.165, 1.54) is 48.9 Å². The maximum Gasteiger partial charge on any atom is 0 e. The number of pyridine rings is 1. The van der Waals surface area contributed by atoms with Crippen molar-refractivity contribution in [1.29, 1.82) is 0 Å². The molecule has 5 aromatic carbocycles. The molecule has 6 heteroatoms. The zero-order valence-corrected chi connectivity index (χ0v) is 40.0. The predicted molar refractivity (Wildman–Crippen MR) is 245 cm³/mol. The Morgan fingerprint density at radius 3 is 2.22 bits per heavy atom. The summed E-state index contributed by atoms with van der Waals surface area (Å²) in [4.78, 5) is 9.97. The van der Waals surface area contributed by atoms with Crippen molar-refractivity contribution >= 4 is 50.6 Å². The summed E-state index contributed by atoms with van der Waals surface area (Å²) in [6.45, 7) is 9.03. The Hall–Kier alpha value is -4.29. The van der Waals surface area contributed by atoms with Crippen molar-refractivity contribution in [2.75, 3.05) is 0 Å². The van der Waals surface area contributed by atoms with Crippen molar-refractivity contribution in [3.63, 3.8) is 0 Å². The Morgan fingerprint density at radius 2 is 1.53 bits per heavy atom. The Morgan fingerprint density at radius 1 is 0.780 bits per heavy atom. The van der Waals surface area contributed by atoms with Gasteiger partial charge in [-0.25, -0.2) is 0 Å². The molecule has 3 unspecified atom stereocenters. The van der Waals surface area contributed by atoms with Gasteiger partial charge in [0.05, 0.1) is 22.4 Å². The molecule has 0 N–H and O–H groups in total. The second-order valence-electron chi connectivity index (χ2n) is 18.4. The summed E-state index contributed by atoms with van der Waals surface area (Å²) in [5.74, 6) is 12.0. The average Bonchev–Trinajstić information content (AvgIpc) is 4.03. The smallest absolute Gasteiger partial charge is 0 e. The Balaban J connectivity index is 0.000000171. The Bertz CT molecular complexity index is 2710. The van der Waals surface area contributed by atoms with Crippen molar-refractivity contribution in [3.8, 4) is 28.3 Å². The van der Waals surface area contributed by atoms with Crippen LogP contribution in [0.4, 0.5) is 0 Å². The average molecular weight is 1010 g/mol. The third-order valence-corrected chi connectivity index (χ3v) is 17.2. The van der Waals surface area contributed by atoms with Crippen molar-refractivity contribution in [2.45, 2.75) is 88.9 Å². The van der Waals surface area contributed by atoms with Crippen LogP contribution < -0.4 is 4.40 Å². The molecule has 2 saturated carbocycles. The summed E-state index contributed by atoms with van der Waals surface area (Å²) >= 11 is -1.90. The number of hydrogen-bond donors (Lipinski definition) is 0. The molecule has 59 heavy (non-hydrogen) atoms. The zero-order valence-electron chi connectivity index (χ0n) is 35.5. The topological polar surface area (TPSA) is 43.9 Å². The van der Waals surface area contributed by atoms with Crippen molar-refractivity contribution in [2.24, 2.45) is 17.8 Å². The number of hydrogen-bond acceptors (Lipinski definition) is 3. The van der Waals surface area contributed by atoms with Crippen LogP contribution in [0, 0.1) is 29.9 Å². The number of fused-ring (bicyclic) bond motifs is 6. The molecule has 0 spiro atoms. The van der Waals surface area contributed by atoms with E-state index in [0.29, 0.717) is 11.8 Å². The molecule has 3 atom stereocenters. The van der Waals surface area contributed by atoms with Crippen LogP contribution in [-0.2, 0) is 26.5 Å². The molecule has 2 fully saturated rings. The summed E-state index contributed by atoms with van der Waals surface area (Å²) in [7, 11) is 0. The van der Waals surface area contributed by atoms with Crippen LogP contribution in [0.2, 0.25) is 17.3 Å². The quantitative estimate of drug-likeness (QED) is 0.113. The summed E-state index contributed by atoms with van der Waals surface area (Å²) in [6.07, 6.45) is 9.43. The van der Waals surface area contributed by atoms with Crippen LogP contribution in [0.25, 0.3) is 61.3 Å². The number of nitrogens with zero attached hydrogens (tertiary/aromatic N) is 3. The van der Waals surface area contributed by atoms with E-state index < -0.39 is 13.3 Å². The van der Waals surface area contributed by atoms with Crippen LogP contribution >= 0.6 is 0 Å². The molecule has 303 valence electrons. The fourth-order valence-electron chi connectivity index (χ4n) is 10.00. The van der Waals surface area contributed by atoms with Crippen LogP contribution in [0.15, 0.2) is 120 Å². The first-order valence-electron chi connectivity index (χ1n) is 21.4. The van der Waals surface area contributed by atoms with Gasteiger partial charge in [-0.05, 0) is 41.2 Å². The minimum Gasteiger partial charge on any atom is 0 e. The number of aromatic nitrogens is 3. The minimum absolute atomic E-state index is 0. The fraction of sp³-hybridized carbons (Fsp3) is 0.321. The molecule has 2 bridgehead atoms. The molecule has 3 heterocycles. The molecule has 1 radical (unpaired) electrons. The van der Waals surface area contributed by atoms with E-state index in [0.717, 1.165) is 73.4 Å². The second-order valence-corrected chi connectivity index (χ2v) is 29.0. The van der Waals surface area contributed by atoms with Gasteiger partial charge < -0.3 is 8.98 Å². The molecule has 4 nitrogen and oxygen atoms in total. The first-order valence-corrected chi connectivity index (χ1v) is 28.8. The molecule has 0 amide bonds. The normalized spacial score (nSPS) is 17.5. The monoisotopic (exact) mass is 1020 g/mol. The van der Waals surface area contributed by atoms with Gasteiger partial charge in [-0.1, -0.05) is 87.2 Å². The van der Waals surface area contributed by atoms with Gasteiger partial charge in [-0.3, -0.25) is 4.98 Å². The van der Waals surface area contributed by atoms with E-state index >= 15 is 0 Å². The Kier molecular flexibility index (Phi) is 11.9. The fourth-order valence-corrected chi connectivity index (χ4v) is 13.3. The van der Waals surface area contributed by atoms with Gasteiger partial charge in [-0.15, -0.1) is 18.2 Å². The molecule has 3 aromatic heterocycles. The first kappa shape index (κ1) is 41.4. The van der Waals surface area contributed by atoms with Crippen molar-refractivity contribution in [3.05, 3.63) is 144 Å². The molecule has 8 aromatic rings.